The molecule has 150 valence electrons. The minimum atomic E-state index is -4.60. The summed E-state index contributed by atoms with van der Waals surface area (Å²) in [6.45, 7) is -3.14. The van der Waals surface area contributed by atoms with Crippen molar-refractivity contribution in [1.29, 1.82) is 0 Å². The molecule has 2 rings (SSSR count). The van der Waals surface area contributed by atoms with Crippen LogP contribution in [0.25, 0.3) is 0 Å². The molecule has 0 saturated heterocycles. The highest BCUT2D eigenvalue weighted by molar-refractivity contribution is 5.80. The third-order valence-electron chi connectivity index (χ3n) is 3.47. The van der Waals surface area contributed by atoms with Gasteiger partial charge in [0.05, 0.1) is 6.54 Å². The monoisotopic (exact) mass is 399 g/mol. The summed E-state index contributed by atoms with van der Waals surface area (Å²) in [5.74, 6) is -2.27. The molecule has 1 N–H and O–H groups in total. The van der Waals surface area contributed by atoms with Crippen LogP contribution in [0.2, 0.25) is 0 Å². The highest BCUT2D eigenvalue weighted by Gasteiger charge is 2.27. The maximum Gasteiger partial charge on any atom is 0.405 e. The van der Waals surface area contributed by atoms with Crippen LogP contribution >= 0.6 is 0 Å². The Morgan fingerprint density at radius 3 is 2.39 bits per heavy atom. The Kier molecular flexibility index (Phi) is 6.74. The number of amides is 1. The molecule has 0 radical (unpaired) electrons. The molecule has 2 aromatic rings. The second-order valence-electron chi connectivity index (χ2n) is 5.69. The molecule has 0 aliphatic rings. The summed E-state index contributed by atoms with van der Waals surface area (Å²) in [6.07, 6.45) is -3.31. The molecule has 11 heteroatoms. The van der Waals surface area contributed by atoms with E-state index in [1.54, 1.807) is 30.3 Å². The van der Waals surface area contributed by atoms with E-state index < -0.39 is 49.0 Å². The van der Waals surface area contributed by atoms with Gasteiger partial charge in [-0.2, -0.15) is 13.2 Å². The van der Waals surface area contributed by atoms with Crippen molar-refractivity contribution in [1.82, 2.24) is 14.5 Å². The van der Waals surface area contributed by atoms with Crippen LogP contribution in [0.1, 0.15) is 5.56 Å². The first kappa shape index (κ1) is 20.9. The normalized spacial score (nSPS) is 11.1. The fourth-order valence-corrected chi connectivity index (χ4v) is 2.17. The number of esters is 1. The summed E-state index contributed by atoms with van der Waals surface area (Å²) in [5.41, 5.74) is -0.735. The van der Waals surface area contributed by atoms with Crippen molar-refractivity contribution in [2.45, 2.75) is 19.3 Å². The lowest BCUT2D eigenvalue weighted by molar-refractivity contribution is -0.151. The number of hydrogen-bond acceptors (Lipinski definition) is 5. The quantitative estimate of drug-likeness (QED) is 0.675. The second-order valence-corrected chi connectivity index (χ2v) is 5.69. The minimum Gasteiger partial charge on any atom is -0.454 e. The van der Waals surface area contributed by atoms with Gasteiger partial charge in [0, 0.05) is 12.3 Å². The molecule has 1 amide bonds. The lowest BCUT2D eigenvalue weighted by atomic mass is 10.2. The van der Waals surface area contributed by atoms with Crippen LogP contribution in [0.5, 0.6) is 0 Å². The van der Waals surface area contributed by atoms with Crippen molar-refractivity contribution in [3.63, 3.8) is 0 Å². The van der Waals surface area contributed by atoms with E-state index in [0.29, 0.717) is 4.57 Å². The molecule has 0 fully saturated rings. The fraction of sp³-hybridized carbons (Fsp3) is 0.294. The molecule has 0 unspecified atom stereocenters. The lowest BCUT2D eigenvalue weighted by Gasteiger charge is -2.11. The summed E-state index contributed by atoms with van der Waals surface area (Å²) < 4.78 is 42.3. The Labute approximate surface area is 156 Å². The van der Waals surface area contributed by atoms with Crippen molar-refractivity contribution < 1.29 is 27.5 Å². The first-order chi connectivity index (χ1) is 13.2. The van der Waals surface area contributed by atoms with E-state index in [9.17, 15) is 32.3 Å². The van der Waals surface area contributed by atoms with Crippen LogP contribution in [0.15, 0.2) is 52.2 Å². The number of aromatic nitrogens is 2. The van der Waals surface area contributed by atoms with Crippen molar-refractivity contribution in [2.24, 2.45) is 0 Å². The van der Waals surface area contributed by atoms with Crippen LogP contribution in [-0.4, -0.2) is 40.3 Å². The van der Waals surface area contributed by atoms with Gasteiger partial charge < -0.3 is 10.1 Å². The molecule has 0 aliphatic carbocycles. The van der Waals surface area contributed by atoms with Crippen LogP contribution < -0.4 is 16.6 Å². The highest BCUT2D eigenvalue weighted by Crippen LogP contribution is 2.11. The molecular weight excluding hydrogens is 383 g/mol. The van der Waals surface area contributed by atoms with Crippen LogP contribution in [0.4, 0.5) is 13.2 Å². The van der Waals surface area contributed by atoms with E-state index in [1.165, 1.54) is 16.1 Å². The number of carbonyl (C=O) groups excluding carboxylic acids is 2. The largest absolute Gasteiger partial charge is 0.454 e. The lowest BCUT2D eigenvalue weighted by Crippen LogP contribution is -2.42. The van der Waals surface area contributed by atoms with Crippen molar-refractivity contribution >= 4 is 11.9 Å². The van der Waals surface area contributed by atoms with Crippen LogP contribution in [0, 0.1) is 0 Å². The van der Waals surface area contributed by atoms with E-state index in [0.717, 1.165) is 11.6 Å². The second kappa shape index (κ2) is 9.02. The average molecular weight is 399 g/mol. The number of nitrogens with zero attached hydrogens (tertiary/aromatic N) is 2. The highest BCUT2D eigenvalue weighted by atomic mass is 19.4. The Hall–Kier alpha value is -3.37. The number of ether oxygens (including phenoxy) is 1. The maximum atomic E-state index is 12.4. The summed E-state index contributed by atoms with van der Waals surface area (Å²) in [4.78, 5) is 47.2. The van der Waals surface area contributed by atoms with E-state index in [1.807, 2.05) is 0 Å². The van der Waals surface area contributed by atoms with Crippen LogP contribution in [0.3, 0.4) is 0 Å². The molecule has 1 aromatic carbocycles. The SMILES string of the molecule is O=C(COC(=O)Cn1c(=O)ccn(Cc2ccccc2)c1=O)NCC(F)(F)F. The van der Waals surface area contributed by atoms with Crippen molar-refractivity contribution in [3.05, 3.63) is 69.0 Å². The van der Waals surface area contributed by atoms with Crippen molar-refractivity contribution in [2.75, 3.05) is 13.2 Å². The molecule has 1 aromatic heterocycles. The van der Waals surface area contributed by atoms with Gasteiger partial charge in [0.25, 0.3) is 11.5 Å². The number of halogens is 3. The van der Waals surface area contributed by atoms with Gasteiger partial charge in [-0.25, -0.2) is 9.36 Å². The van der Waals surface area contributed by atoms with E-state index in [2.05, 4.69) is 4.74 Å². The molecule has 0 bridgehead atoms. The number of hydrogen-bond donors (Lipinski definition) is 1. The minimum absolute atomic E-state index is 0.162. The third-order valence-corrected chi connectivity index (χ3v) is 3.47. The van der Waals surface area contributed by atoms with Gasteiger partial charge >= 0.3 is 17.8 Å². The zero-order valence-electron chi connectivity index (χ0n) is 14.4. The predicted molar refractivity (Wildman–Crippen MR) is 90.5 cm³/mol. The van der Waals surface area contributed by atoms with Gasteiger partial charge in [0.2, 0.25) is 0 Å². The first-order valence-electron chi connectivity index (χ1n) is 7.99. The number of alkyl halides is 3. The molecule has 0 atom stereocenters. The maximum absolute atomic E-state index is 12.4. The van der Waals surface area contributed by atoms with Gasteiger partial charge in [-0.15, -0.1) is 0 Å². The standard InChI is InChI=1S/C17H16F3N3O5/c18-17(19,20)11-21-13(24)10-28-15(26)9-23-14(25)6-7-22(16(23)27)8-12-4-2-1-3-5-12/h1-7H,8-11H2,(H,21,24). The molecule has 1 heterocycles. The number of carbonyl (C=O) groups is 2. The van der Waals surface area contributed by atoms with Gasteiger partial charge in [-0.1, -0.05) is 30.3 Å². The van der Waals surface area contributed by atoms with Crippen LogP contribution in [-0.2, 0) is 27.4 Å². The molecular formula is C17H16F3N3O5. The molecule has 28 heavy (non-hydrogen) atoms. The van der Waals surface area contributed by atoms with Gasteiger partial charge in [0.1, 0.15) is 13.1 Å². The predicted octanol–water partition coefficient (Wildman–Crippen LogP) is 0.280. The average Bonchev–Trinajstić information content (AvgIpc) is 2.64. The Bertz CT molecular complexity index is 951. The summed E-state index contributed by atoms with van der Waals surface area (Å²) in [5, 5.41) is 1.53. The Morgan fingerprint density at radius 2 is 1.75 bits per heavy atom. The number of benzene rings is 1. The van der Waals surface area contributed by atoms with E-state index in [-0.39, 0.29) is 6.54 Å². The summed E-state index contributed by atoms with van der Waals surface area (Å²) in [7, 11) is 0. The Morgan fingerprint density at radius 1 is 1.07 bits per heavy atom. The first-order valence-corrected chi connectivity index (χ1v) is 7.99. The zero-order valence-corrected chi connectivity index (χ0v) is 14.4. The van der Waals surface area contributed by atoms with Crippen molar-refractivity contribution in [3.8, 4) is 0 Å². The third kappa shape index (κ3) is 6.41. The summed E-state index contributed by atoms with van der Waals surface area (Å²) >= 11 is 0. The number of nitrogens with one attached hydrogen (secondary N) is 1. The van der Waals surface area contributed by atoms with E-state index >= 15 is 0 Å². The Balaban J connectivity index is 2.00. The fourth-order valence-electron chi connectivity index (χ4n) is 2.17. The zero-order chi connectivity index (χ0) is 20.7. The van der Waals surface area contributed by atoms with Gasteiger partial charge in [0.15, 0.2) is 6.61 Å². The molecule has 8 nitrogen and oxygen atoms in total. The smallest absolute Gasteiger partial charge is 0.405 e. The molecule has 0 spiro atoms. The van der Waals surface area contributed by atoms with Gasteiger partial charge in [-0.05, 0) is 5.56 Å². The topological polar surface area (TPSA) is 99.4 Å². The van der Waals surface area contributed by atoms with Gasteiger partial charge in [-0.3, -0.25) is 19.0 Å². The number of rotatable bonds is 7. The molecule has 0 aliphatic heterocycles. The molecule has 0 saturated carbocycles. The van der Waals surface area contributed by atoms with E-state index in [4.69, 9.17) is 0 Å². The summed E-state index contributed by atoms with van der Waals surface area (Å²) in [6, 6.07) is 9.99.